The maximum Gasteiger partial charge on any atom is 0.303 e. The van der Waals surface area contributed by atoms with E-state index in [1.807, 2.05) is 27.7 Å². The molecule has 0 amide bonds. The van der Waals surface area contributed by atoms with Crippen LogP contribution in [0.3, 0.4) is 0 Å². The number of hydrogen-bond acceptors (Lipinski definition) is 4. The van der Waals surface area contributed by atoms with Crippen molar-refractivity contribution in [3.63, 3.8) is 0 Å². The molecule has 0 aromatic rings. The summed E-state index contributed by atoms with van der Waals surface area (Å²) in [6, 6.07) is 0. The van der Waals surface area contributed by atoms with Gasteiger partial charge >= 0.3 is 11.9 Å². The predicted molar refractivity (Wildman–Crippen MR) is 88.8 cm³/mol. The van der Waals surface area contributed by atoms with Gasteiger partial charge in [0, 0.05) is 19.3 Å². The van der Waals surface area contributed by atoms with Crippen molar-refractivity contribution in [1.82, 2.24) is 0 Å². The van der Waals surface area contributed by atoms with E-state index >= 15 is 0 Å². The summed E-state index contributed by atoms with van der Waals surface area (Å²) in [5.41, 5.74) is 0. The molecule has 0 heterocycles. The van der Waals surface area contributed by atoms with Crippen LogP contribution >= 0.6 is 0 Å². The second kappa shape index (κ2) is 17.7. The molecule has 0 aromatic heterocycles. The minimum atomic E-state index is -0.682. The summed E-state index contributed by atoms with van der Waals surface area (Å²) in [6.07, 6.45) is 4.24. The van der Waals surface area contributed by atoms with E-state index in [-0.39, 0.29) is 23.8 Å². The van der Waals surface area contributed by atoms with Crippen LogP contribution < -0.4 is 0 Å². The van der Waals surface area contributed by atoms with Crippen molar-refractivity contribution in [2.45, 2.75) is 86.7 Å². The fourth-order valence-electron chi connectivity index (χ4n) is 0.893. The Bertz CT molecular complexity index is 297. The minimum Gasteiger partial charge on any atom is -0.481 e. The zero-order valence-electron chi connectivity index (χ0n) is 15.3. The van der Waals surface area contributed by atoms with Crippen molar-refractivity contribution in [3.8, 4) is 0 Å². The molecule has 1 N–H and O–H groups in total. The van der Waals surface area contributed by atoms with Gasteiger partial charge in [-0.25, -0.2) is 0 Å². The fraction of sp³-hybridized carbons (Fsp3) is 0.824. The topological polar surface area (TPSA) is 80.7 Å². The van der Waals surface area contributed by atoms with Crippen molar-refractivity contribution in [2.24, 2.45) is 5.92 Å². The van der Waals surface area contributed by atoms with Crippen LogP contribution in [0.25, 0.3) is 0 Å². The number of carboxylic acids is 1. The standard InChI is InChI=1S/2C6H12O2.C5H10O/c1-4-5(2)8-6(3)7;1-2-3-4-5-6(7)8;1-4(2)5(3)6/h5H,4H2,1-3H3;2-5H2,1H3,(H,7,8);4H,1-3H3. The Morgan fingerprint density at radius 2 is 1.45 bits per heavy atom. The van der Waals surface area contributed by atoms with Crippen LogP contribution in [0.2, 0.25) is 0 Å². The molecule has 1 unspecified atom stereocenters. The highest BCUT2D eigenvalue weighted by Crippen LogP contribution is 1.97. The minimum absolute atomic E-state index is 0.0764. The Kier molecular flexibility index (Phi) is 20.5. The third-order valence-corrected chi connectivity index (χ3v) is 2.75. The van der Waals surface area contributed by atoms with Gasteiger partial charge in [-0.2, -0.15) is 0 Å². The Morgan fingerprint density at radius 1 is 1.00 bits per heavy atom. The van der Waals surface area contributed by atoms with E-state index in [0.717, 1.165) is 25.7 Å². The van der Waals surface area contributed by atoms with Crippen LogP contribution in [0.1, 0.15) is 80.6 Å². The average Bonchev–Trinajstić information content (AvgIpc) is 2.39. The van der Waals surface area contributed by atoms with Gasteiger partial charge in [-0.1, -0.05) is 40.5 Å². The van der Waals surface area contributed by atoms with Gasteiger partial charge < -0.3 is 9.84 Å². The lowest BCUT2D eigenvalue weighted by Crippen LogP contribution is -2.09. The number of carbonyl (C=O) groups is 3. The number of rotatable bonds is 7. The van der Waals surface area contributed by atoms with E-state index in [1.165, 1.54) is 6.92 Å². The van der Waals surface area contributed by atoms with E-state index in [1.54, 1.807) is 6.92 Å². The van der Waals surface area contributed by atoms with Gasteiger partial charge in [0.2, 0.25) is 0 Å². The summed E-state index contributed by atoms with van der Waals surface area (Å²) in [4.78, 5) is 30.2. The summed E-state index contributed by atoms with van der Waals surface area (Å²) in [7, 11) is 0. The Balaban J connectivity index is -0.000000249. The smallest absolute Gasteiger partial charge is 0.303 e. The maximum atomic E-state index is 10.2. The van der Waals surface area contributed by atoms with Crippen molar-refractivity contribution < 1.29 is 24.2 Å². The zero-order chi connectivity index (χ0) is 18.1. The molecular formula is C17H34O5. The monoisotopic (exact) mass is 318 g/mol. The number of aliphatic carboxylic acids is 1. The quantitative estimate of drug-likeness (QED) is 0.561. The zero-order valence-corrected chi connectivity index (χ0v) is 15.3. The molecule has 0 rings (SSSR count). The number of carbonyl (C=O) groups excluding carboxylic acids is 2. The highest BCUT2D eigenvalue weighted by atomic mass is 16.5. The van der Waals surface area contributed by atoms with Gasteiger partial charge in [0.1, 0.15) is 5.78 Å². The van der Waals surface area contributed by atoms with Crippen LogP contribution in [0.4, 0.5) is 0 Å². The van der Waals surface area contributed by atoms with Gasteiger partial charge in [-0.05, 0) is 26.7 Å². The molecule has 0 fully saturated rings. The lowest BCUT2D eigenvalue weighted by atomic mass is 10.1. The molecule has 0 spiro atoms. The molecule has 0 aromatic carbocycles. The summed E-state index contributed by atoms with van der Waals surface area (Å²) >= 11 is 0. The van der Waals surface area contributed by atoms with E-state index in [4.69, 9.17) is 9.84 Å². The molecule has 0 saturated carbocycles. The lowest BCUT2D eigenvalue weighted by Gasteiger charge is -2.06. The van der Waals surface area contributed by atoms with Gasteiger partial charge in [0.25, 0.3) is 0 Å². The van der Waals surface area contributed by atoms with Crippen LogP contribution in [0.15, 0.2) is 0 Å². The third-order valence-electron chi connectivity index (χ3n) is 2.75. The number of carboxylic acid groups (broad SMARTS) is 1. The van der Waals surface area contributed by atoms with Crippen molar-refractivity contribution in [2.75, 3.05) is 0 Å². The highest BCUT2D eigenvalue weighted by molar-refractivity contribution is 5.77. The second-order valence-corrected chi connectivity index (χ2v) is 5.44. The number of ketones is 1. The first-order chi connectivity index (χ1) is 10.1. The molecule has 0 bridgehead atoms. The number of unbranched alkanes of at least 4 members (excludes halogenated alkanes) is 2. The molecule has 0 aliphatic rings. The first-order valence-corrected chi connectivity index (χ1v) is 7.97. The van der Waals surface area contributed by atoms with E-state index in [2.05, 4.69) is 6.92 Å². The lowest BCUT2D eigenvalue weighted by molar-refractivity contribution is -0.145. The summed E-state index contributed by atoms with van der Waals surface area (Å²) in [5, 5.41) is 8.14. The average molecular weight is 318 g/mol. The van der Waals surface area contributed by atoms with Gasteiger partial charge in [0.15, 0.2) is 0 Å². The molecule has 5 heteroatoms. The first-order valence-electron chi connectivity index (χ1n) is 7.97. The largest absolute Gasteiger partial charge is 0.481 e. The van der Waals surface area contributed by atoms with Crippen molar-refractivity contribution in [1.29, 1.82) is 0 Å². The van der Waals surface area contributed by atoms with Crippen LogP contribution in [-0.2, 0) is 19.1 Å². The fourth-order valence-corrected chi connectivity index (χ4v) is 0.893. The molecule has 0 radical (unpaired) electrons. The van der Waals surface area contributed by atoms with Crippen LogP contribution in [0, 0.1) is 5.92 Å². The normalized spacial score (nSPS) is 10.5. The highest BCUT2D eigenvalue weighted by Gasteiger charge is 1.99. The van der Waals surface area contributed by atoms with Crippen molar-refractivity contribution >= 4 is 17.7 Å². The van der Waals surface area contributed by atoms with Crippen LogP contribution in [-0.4, -0.2) is 28.9 Å². The molecule has 22 heavy (non-hydrogen) atoms. The summed E-state index contributed by atoms with van der Waals surface area (Å²) in [5.74, 6) is -0.405. The van der Waals surface area contributed by atoms with Gasteiger partial charge in [-0.15, -0.1) is 0 Å². The molecule has 132 valence electrons. The van der Waals surface area contributed by atoms with Crippen LogP contribution in [0.5, 0.6) is 0 Å². The van der Waals surface area contributed by atoms with Gasteiger partial charge in [0.05, 0.1) is 6.10 Å². The Labute approximate surface area is 135 Å². The maximum absolute atomic E-state index is 10.2. The predicted octanol–water partition coefficient (Wildman–Crippen LogP) is 4.23. The number of ether oxygens (including phenoxy) is 1. The SMILES string of the molecule is CC(=O)C(C)C.CCC(C)OC(C)=O.CCCCCC(=O)O. The number of esters is 1. The van der Waals surface area contributed by atoms with E-state index in [0.29, 0.717) is 6.42 Å². The summed E-state index contributed by atoms with van der Waals surface area (Å²) in [6.45, 7) is 12.7. The molecule has 0 saturated heterocycles. The Hall–Kier alpha value is -1.39. The molecule has 0 aliphatic heterocycles. The first kappa shape index (κ1) is 25.6. The molecule has 5 nitrogen and oxygen atoms in total. The second-order valence-electron chi connectivity index (χ2n) is 5.44. The Morgan fingerprint density at radius 3 is 1.64 bits per heavy atom. The number of hydrogen-bond donors (Lipinski definition) is 1. The van der Waals surface area contributed by atoms with Gasteiger partial charge in [-0.3, -0.25) is 14.4 Å². The molecule has 0 aliphatic carbocycles. The van der Waals surface area contributed by atoms with E-state index < -0.39 is 5.97 Å². The molecule has 1 atom stereocenters. The van der Waals surface area contributed by atoms with Crippen molar-refractivity contribution in [3.05, 3.63) is 0 Å². The molecular weight excluding hydrogens is 284 g/mol. The summed E-state index contributed by atoms with van der Waals surface area (Å²) < 4.78 is 4.76. The third kappa shape index (κ3) is 31.2. The van der Waals surface area contributed by atoms with E-state index in [9.17, 15) is 14.4 Å². The number of Topliss-reactive ketones (excluding diaryl/α,β-unsaturated/α-hetero) is 1.